The number of halogens is 1. The van der Waals surface area contributed by atoms with Crippen molar-refractivity contribution in [3.05, 3.63) is 71.8 Å². The maximum absolute atomic E-state index is 5.00. The van der Waals surface area contributed by atoms with Crippen molar-refractivity contribution >= 4 is 11.6 Å². The van der Waals surface area contributed by atoms with Crippen LogP contribution in [0, 0.1) is 0 Å². The molecule has 0 aliphatic carbocycles. The minimum absolute atomic E-state index is 0.709. The zero-order valence-electron chi connectivity index (χ0n) is 36.6. The maximum atomic E-state index is 5.00. The Morgan fingerprint density at radius 3 is 0.961 bits per heavy atom. The average Bonchev–Trinajstić information content (AvgIpc) is 3.11. The van der Waals surface area contributed by atoms with Crippen molar-refractivity contribution in [3.63, 3.8) is 0 Å². The van der Waals surface area contributed by atoms with Gasteiger partial charge < -0.3 is 24.5 Å². The van der Waals surface area contributed by atoms with Crippen LogP contribution in [0.3, 0.4) is 0 Å². The van der Waals surface area contributed by atoms with Crippen molar-refractivity contribution in [2.75, 3.05) is 108 Å². The molecule has 0 aromatic heterocycles. The van der Waals surface area contributed by atoms with Crippen LogP contribution in [0.4, 0.5) is 0 Å². The minimum Gasteiger partial charge on any atom is -0.309 e. The molecule has 0 radical (unpaired) electrons. The van der Waals surface area contributed by atoms with Crippen LogP contribution in [0.15, 0.2) is 60.7 Å². The number of nitrogens with zero attached hydrogens (tertiary/aromatic N) is 5. The molecule has 6 heteroatoms. The van der Waals surface area contributed by atoms with Crippen LogP contribution in [0.25, 0.3) is 0 Å². The summed E-state index contributed by atoms with van der Waals surface area (Å²) in [6.45, 7) is 21.6. The SMILES string of the molecule is CCC(C)c1ccccc1.CCC(C)c1ccccc1.CCCl.CCN(CCCN(C)C)CCCN(C)C.CN(C)CCCCCCCN(C)C. The number of hydrogen-bond donors (Lipinski definition) is 0. The van der Waals surface area contributed by atoms with E-state index < -0.39 is 0 Å². The number of rotatable bonds is 21. The van der Waals surface area contributed by atoms with Crippen LogP contribution in [0.1, 0.15) is 122 Å². The van der Waals surface area contributed by atoms with Crippen molar-refractivity contribution in [2.45, 2.75) is 111 Å². The fourth-order valence-electron chi connectivity index (χ4n) is 5.07. The Balaban J connectivity index is -0.000000592. The molecule has 2 aromatic carbocycles. The molecule has 2 atom stereocenters. The summed E-state index contributed by atoms with van der Waals surface area (Å²) in [6.07, 6.45) is 11.9. The summed E-state index contributed by atoms with van der Waals surface area (Å²) < 4.78 is 0. The van der Waals surface area contributed by atoms with Crippen molar-refractivity contribution in [3.8, 4) is 0 Å². The highest BCUT2D eigenvalue weighted by Gasteiger charge is 2.03. The van der Waals surface area contributed by atoms with E-state index in [4.69, 9.17) is 11.6 Å². The molecule has 2 aromatic rings. The predicted octanol–water partition coefficient (Wildman–Crippen LogP) is 10.9. The lowest BCUT2D eigenvalue weighted by atomic mass is 9.99. The van der Waals surface area contributed by atoms with Crippen LogP contribution < -0.4 is 0 Å². The second-order valence-corrected chi connectivity index (χ2v) is 15.4. The Labute approximate surface area is 326 Å². The molecule has 0 aliphatic heterocycles. The molecule has 2 rings (SSSR count). The quantitative estimate of drug-likeness (QED) is 0.0935. The van der Waals surface area contributed by atoms with E-state index in [9.17, 15) is 0 Å². The van der Waals surface area contributed by atoms with E-state index in [1.165, 1.54) is 115 Å². The molecule has 0 spiro atoms. The average molecular weight is 735 g/mol. The van der Waals surface area contributed by atoms with Crippen LogP contribution in [0.2, 0.25) is 0 Å². The molecular weight excluding hydrogens is 646 g/mol. The van der Waals surface area contributed by atoms with Crippen LogP contribution in [-0.2, 0) is 0 Å². The van der Waals surface area contributed by atoms with E-state index in [2.05, 4.69) is 176 Å². The van der Waals surface area contributed by atoms with Gasteiger partial charge in [0.2, 0.25) is 0 Å². The van der Waals surface area contributed by atoms with Gasteiger partial charge in [-0.3, -0.25) is 0 Å². The van der Waals surface area contributed by atoms with Gasteiger partial charge in [0.15, 0.2) is 0 Å². The van der Waals surface area contributed by atoms with Gasteiger partial charge >= 0.3 is 0 Å². The Morgan fingerprint density at radius 2 is 0.706 bits per heavy atom. The summed E-state index contributed by atoms with van der Waals surface area (Å²) >= 11 is 5.00. The van der Waals surface area contributed by atoms with Crippen molar-refractivity contribution < 1.29 is 0 Å². The summed E-state index contributed by atoms with van der Waals surface area (Å²) in [5, 5.41) is 0. The summed E-state index contributed by atoms with van der Waals surface area (Å²) in [5.41, 5.74) is 2.90. The maximum Gasteiger partial charge on any atom is 0.0195 e. The van der Waals surface area contributed by atoms with Gasteiger partial charge in [-0.2, -0.15) is 0 Å². The van der Waals surface area contributed by atoms with Crippen LogP contribution in [0.5, 0.6) is 0 Å². The molecule has 0 saturated carbocycles. The molecule has 300 valence electrons. The fraction of sp³-hybridized carbons (Fsp3) is 0.733. The van der Waals surface area contributed by atoms with E-state index >= 15 is 0 Å². The Morgan fingerprint density at radius 1 is 0.431 bits per heavy atom. The third-order valence-corrected chi connectivity index (χ3v) is 8.78. The molecule has 0 saturated heterocycles. The topological polar surface area (TPSA) is 16.2 Å². The van der Waals surface area contributed by atoms with Gasteiger partial charge in [-0.1, -0.05) is 121 Å². The molecule has 51 heavy (non-hydrogen) atoms. The molecular formula is C45H88ClN5. The highest BCUT2D eigenvalue weighted by Crippen LogP contribution is 2.17. The Bertz CT molecular complexity index is 836. The summed E-state index contributed by atoms with van der Waals surface area (Å²) in [4.78, 5) is 11.6. The highest BCUT2D eigenvalue weighted by atomic mass is 35.5. The van der Waals surface area contributed by atoms with Gasteiger partial charge in [0.1, 0.15) is 0 Å². The van der Waals surface area contributed by atoms with E-state index in [1.54, 1.807) is 0 Å². The number of hydrogen-bond acceptors (Lipinski definition) is 5. The van der Waals surface area contributed by atoms with E-state index in [-0.39, 0.29) is 0 Å². The molecule has 0 fully saturated rings. The molecule has 0 heterocycles. The molecule has 2 unspecified atom stereocenters. The Kier molecular flexibility index (Phi) is 42.0. The van der Waals surface area contributed by atoms with E-state index in [1.807, 2.05) is 6.92 Å². The summed E-state index contributed by atoms with van der Waals surface area (Å²) in [7, 11) is 17.1. The van der Waals surface area contributed by atoms with Gasteiger partial charge in [-0.15, -0.1) is 11.6 Å². The molecule has 0 aliphatic rings. The molecule has 0 bridgehead atoms. The predicted molar refractivity (Wildman–Crippen MR) is 235 cm³/mol. The molecule has 0 amide bonds. The van der Waals surface area contributed by atoms with Gasteiger partial charge in [-0.05, 0) is 164 Å². The fourth-order valence-corrected chi connectivity index (χ4v) is 5.07. The lowest BCUT2D eigenvalue weighted by molar-refractivity contribution is 0.251. The van der Waals surface area contributed by atoms with Crippen LogP contribution >= 0.6 is 11.6 Å². The lowest BCUT2D eigenvalue weighted by Gasteiger charge is -2.22. The van der Waals surface area contributed by atoms with Crippen molar-refractivity contribution in [1.29, 1.82) is 0 Å². The van der Waals surface area contributed by atoms with E-state index in [0.29, 0.717) is 11.8 Å². The molecule has 0 N–H and O–H groups in total. The zero-order chi connectivity index (χ0) is 39.3. The molecule has 5 nitrogen and oxygen atoms in total. The summed E-state index contributed by atoms with van der Waals surface area (Å²) in [5.74, 6) is 2.14. The second-order valence-electron chi connectivity index (χ2n) is 14.8. The number of alkyl halides is 1. The third-order valence-electron chi connectivity index (χ3n) is 8.78. The number of unbranched alkanes of at least 4 members (excludes halogenated alkanes) is 4. The van der Waals surface area contributed by atoms with Gasteiger partial charge in [-0.25, -0.2) is 0 Å². The Hall–Kier alpha value is -1.47. The van der Waals surface area contributed by atoms with Crippen LogP contribution in [-0.4, -0.2) is 133 Å². The standard InChI is InChI=1S/C12H29N3.C11H26N2.2C10H14.C2H5Cl/c1-6-15(11-7-9-13(2)3)12-8-10-14(4)5;1-12(2)10-8-6-5-7-9-11-13(3)4;2*1-3-9(2)10-7-5-4-6-8-10;1-2-3/h6-12H2,1-5H3;5-11H2,1-4H3;2*4-9H,3H2,1-2H3;2H2,1H3. The number of benzene rings is 2. The van der Waals surface area contributed by atoms with E-state index in [0.717, 1.165) is 5.88 Å². The summed E-state index contributed by atoms with van der Waals surface area (Å²) in [6, 6.07) is 21.3. The normalized spacial score (nSPS) is 11.9. The van der Waals surface area contributed by atoms with Gasteiger partial charge in [0.05, 0.1) is 0 Å². The smallest absolute Gasteiger partial charge is 0.0195 e. The first kappa shape index (κ1) is 53.9. The largest absolute Gasteiger partial charge is 0.309 e. The third kappa shape index (κ3) is 41.2. The van der Waals surface area contributed by atoms with Crippen molar-refractivity contribution in [1.82, 2.24) is 24.5 Å². The van der Waals surface area contributed by atoms with Gasteiger partial charge in [0, 0.05) is 5.88 Å². The monoisotopic (exact) mass is 734 g/mol. The van der Waals surface area contributed by atoms with Crippen molar-refractivity contribution in [2.24, 2.45) is 0 Å². The van der Waals surface area contributed by atoms with Gasteiger partial charge in [0.25, 0.3) is 0 Å². The first-order chi connectivity index (χ1) is 24.3. The lowest BCUT2D eigenvalue weighted by Crippen LogP contribution is -2.30. The first-order valence-corrected chi connectivity index (χ1v) is 20.8. The minimum atomic E-state index is 0.709. The first-order valence-electron chi connectivity index (χ1n) is 20.3. The second kappa shape index (κ2) is 39.7. The zero-order valence-corrected chi connectivity index (χ0v) is 37.3. The highest BCUT2D eigenvalue weighted by molar-refractivity contribution is 6.17.